The summed E-state index contributed by atoms with van der Waals surface area (Å²) in [6, 6.07) is 5.68. The summed E-state index contributed by atoms with van der Waals surface area (Å²) >= 11 is 0. The number of aromatic nitrogens is 1. The van der Waals surface area contributed by atoms with Gasteiger partial charge in [-0.05, 0) is 30.5 Å². The maximum Gasteiger partial charge on any atom is 0.336 e. The number of H-pyrrole nitrogens is 1. The van der Waals surface area contributed by atoms with Crippen LogP contribution >= 0.6 is 0 Å². The van der Waals surface area contributed by atoms with Crippen LogP contribution in [0.25, 0.3) is 10.9 Å². The molecule has 1 unspecified atom stereocenters. The third kappa shape index (κ3) is 3.22. The molecule has 0 saturated carbocycles. The lowest BCUT2D eigenvalue weighted by molar-refractivity contribution is -0.160. The Bertz CT molecular complexity index is 690. The molecule has 0 radical (unpaired) electrons. The fraction of sp³-hybridized carbons (Fsp3) is 0.333. The van der Waals surface area contributed by atoms with Crippen molar-refractivity contribution in [3.63, 3.8) is 0 Å². The summed E-state index contributed by atoms with van der Waals surface area (Å²) in [4.78, 5) is 24.9. The van der Waals surface area contributed by atoms with Gasteiger partial charge in [-0.2, -0.15) is 0 Å². The molecular formula is C15H17NO5. The van der Waals surface area contributed by atoms with E-state index < -0.39 is 24.0 Å². The third-order valence-corrected chi connectivity index (χ3v) is 3.56. The van der Waals surface area contributed by atoms with Gasteiger partial charge >= 0.3 is 11.9 Å². The van der Waals surface area contributed by atoms with E-state index in [0.717, 1.165) is 16.5 Å². The summed E-state index contributed by atoms with van der Waals surface area (Å²) in [5, 5.41) is 29.0. The monoisotopic (exact) mass is 291 g/mol. The van der Waals surface area contributed by atoms with Gasteiger partial charge in [-0.3, -0.25) is 4.79 Å². The number of fused-ring (bicyclic) bond motifs is 1. The van der Waals surface area contributed by atoms with Crippen molar-refractivity contribution in [1.82, 2.24) is 4.98 Å². The predicted molar refractivity (Wildman–Crippen MR) is 76.2 cm³/mol. The summed E-state index contributed by atoms with van der Waals surface area (Å²) in [6.07, 6.45) is 0.776. The highest BCUT2D eigenvalue weighted by Crippen LogP contribution is 2.26. The number of carboxylic acid groups (broad SMARTS) is 2. The maximum absolute atomic E-state index is 11.3. The smallest absolute Gasteiger partial charge is 0.336 e. The molecule has 21 heavy (non-hydrogen) atoms. The molecule has 6 heteroatoms. The van der Waals surface area contributed by atoms with Crippen LogP contribution in [-0.4, -0.2) is 37.8 Å². The van der Waals surface area contributed by atoms with Crippen LogP contribution in [0.2, 0.25) is 0 Å². The van der Waals surface area contributed by atoms with E-state index in [1.807, 2.05) is 25.1 Å². The minimum atomic E-state index is -2.08. The number of rotatable bonds is 6. The Labute approximate surface area is 121 Å². The van der Waals surface area contributed by atoms with Gasteiger partial charge in [-0.15, -0.1) is 0 Å². The molecule has 2 aromatic rings. The highest BCUT2D eigenvalue weighted by molar-refractivity contribution is 5.86. The van der Waals surface area contributed by atoms with Crippen molar-refractivity contribution in [1.29, 1.82) is 0 Å². The van der Waals surface area contributed by atoms with Crippen molar-refractivity contribution in [2.45, 2.75) is 31.8 Å². The Hall–Kier alpha value is -2.34. The van der Waals surface area contributed by atoms with Crippen LogP contribution in [0.1, 0.15) is 24.0 Å². The first-order valence-electron chi connectivity index (χ1n) is 6.56. The number of hydrogen-bond donors (Lipinski definition) is 4. The molecule has 0 saturated heterocycles. The first kappa shape index (κ1) is 15.1. The Kier molecular flexibility index (Phi) is 3.99. The number of aryl methyl sites for hydroxylation is 1. The molecule has 0 aliphatic rings. The molecule has 1 atom stereocenters. The second-order valence-corrected chi connectivity index (χ2v) is 5.27. The van der Waals surface area contributed by atoms with E-state index in [-0.39, 0.29) is 12.8 Å². The van der Waals surface area contributed by atoms with Crippen LogP contribution < -0.4 is 0 Å². The molecular weight excluding hydrogens is 274 g/mol. The van der Waals surface area contributed by atoms with Gasteiger partial charge in [0.15, 0.2) is 5.60 Å². The van der Waals surface area contributed by atoms with Gasteiger partial charge in [0, 0.05) is 29.9 Å². The van der Waals surface area contributed by atoms with Crippen LogP contribution in [0.15, 0.2) is 24.4 Å². The van der Waals surface area contributed by atoms with Crippen molar-refractivity contribution in [2.24, 2.45) is 0 Å². The Balaban J connectivity index is 2.30. The maximum atomic E-state index is 11.3. The van der Waals surface area contributed by atoms with E-state index in [2.05, 4.69) is 4.98 Å². The predicted octanol–water partition coefficient (Wildman–Crippen LogP) is 1.70. The van der Waals surface area contributed by atoms with E-state index in [0.29, 0.717) is 5.56 Å². The van der Waals surface area contributed by atoms with Crippen molar-refractivity contribution in [3.8, 4) is 0 Å². The molecule has 4 N–H and O–H groups in total. The molecule has 0 bridgehead atoms. The summed E-state index contributed by atoms with van der Waals surface area (Å²) in [7, 11) is 0. The van der Waals surface area contributed by atoms with E-state index in [4.69, 9.17) is 5.11 Å². The summed E-state index contributed by atoms with van der Waals surface area (Å²) < 4.78 is 0. The highest BCUT2D eigenvalue weighted by atomic mass is 16.4. The number of hydrogen-bond acceptors (Lipinski definition) is 3. The molecule has 0 aliphatic carbocycles. The lowest BCUT2D eigenvalue weighted by atomic mass is 9.89. The van der Waals surface area contributed by atoms with Gasteiger partial charge in [0.05, 0.1) is 0 Å². The first-order valence-corrected chi connectivity index (χ1v) is 6.56. The van der Waals surface area contributed by atoms with Crippen LogP contribution in [-0.2, 0) is 16.0 Å². The summed E-state index contributed by atoms with van der Waals surface area (Å²) in [5.41, 5.74) is 0.491. The summed E-state index contributed by atoms with van der Waals surface area (Å²) in [5.74, 6) is -2.55. The lowest BCUT2D eigenvalue weighted by Gasteiger charge is -2.22. The number of aromatic amines is 1. The van der Waals surface area contributed by atoms with Crippen LogP contribution in [0, 0.1) is 6.92 Å². The minimum Gasteiger partial charge on any atom is -0.481 e. The van der Waals surface area contributed by atoms with E-state index in [9.17, 15) is 19.8 Å². The molecule has 0 aliphatic heterocycles. The van der Waals surface area contributed by atoms with Gasteiger partial charge in [0.1, 0.15) is 0 Å². The van der Waals surface area contributed by atoms with Gasteiger partial charge in [0.25, 0.3) is 0 Å². The topological polar surface area (TPSA) is 111 Å². The zero-order valence-corrected chi connectivity index (χ0v) is 11.6. The van der Waals surface area contributed by atoms with E-state index in [1.165, 1.54) is 0 Å². The van der Waals surface area contributed by atoms with Gasteiger partial charge in [-0.25, -0.2) is 4.79 Å². The normalized spacial score (nSPS) is 14.0. The van der Waals surface area contributed by atoms with Crippen molar-refractivity contribution in [3.05, 3.63) is 35.5 Å². The minimum absolute atomic E-state index is 0.140. The molecule has 1 aromatic carbocycles. The molecule has 2 rings (SSSR count). The van der Waals surface area contributed by atoms with E-state index in [1.54, 1.807) is 6.20 Å². The molecule has 0 spiro atoms. The van der Waals surface area contributed by atoms with Crippen LogP contribution in [0.4, 0.5) is 0 Å². The zero-order valence-electron chi connectivity index (χ0n) is 11.6. The van der Waals surface area contributed by atoms with Crippen molar-refractivity contribution in [2.75, 3.05) is 0 Å². The van der Waals surface area contributed by atoms with E-state index >= 15 is 0 Å². The second-order valence-electron chi connectivity index (χ2n) is 5.27. The number of aliphatic hydroxyl groups is 1. The van der Waals surface area contributed by atoms with Crippen LogP contribution in [0.3, 0.4) is 0 Å². The molecule has 6 nitrogen and oxygen atoms in total. The van der Waals surface area contributed by atoms with Crippen molar-refractivity contribution < 1.29 is 24.9 Å². The SMILES string of the molecule is Cc1ccc2c(CC(O)(CCC(=O)O)C(=O)O)c[nH]c2c1. The lowest BCUT2D eigenvalue weighted by Crippen LogP contribution is -2.41. The molecule has 1 heterocycles. The first-order chi connectivity index (χ1) is 9.82. The fourth-order valence-corrected chi connectivity index (χ4v) is 2.35. The number of aliphatic carboxylic acids is 2. The highest BCUT2D eigenvalue weighted by Gasteiger charge is 2.37. The number of nitrogens with one attached hydrogen (secondary N) is 1. The van der Waals surface area contributed by atoms with Gasteiger partial charge in [0.2, 0.25) is 0 Å². The average Bonchev–Trinajstić information content (AvgIpc) is 2.78. The van der Waals surface area contributed by atoms with Gasteiger partial charge < -0.3 is 20.3 Å². The summed E-state index contributed by atoms with van der Waals surface area (Å²) in [6.45, 7) is 1.94. The van der Waals surface area contributed by atoms with Crippen molar-refractivity contribution >= 4 is 22.8 Å². The molecule has 0 amide bonds. The Morgan fingerprint density at radius 2 is 2.00 bits per heavy atom. The standard InChI is InChI=1S/C15H17NO5/c1-9-2-3-11-10(8-16-12(11)6-9)7-15(21,14(19)20)5-4-13(17)18/h2-3,6,8,16,21H,4-5,7H2,1H3,(H,17,18)(H,19,20). The Morgan fingerprint density at radius 3 is 2.62 bits per heavy atom. The van der Waals surface area contributed by atoms with Gasteiger partial charge in [-0.1, -0.05) is 12.1 Å². The fourth-order valence-electron chi connectivity index (χ4n) is 2.35. The molecule has 1 aromatic heterocycles. The van der Waals surface area contributed by atoms with Crippen LogP contribution in [0.5, 0.6) is 0 Å². The quantitative estimate of drug-likeness (QED) is 0.647. The zero-order chi connectivity index (χ0) is 15.6. The third-order valence-electron chi connectivity index (χ3n) is 3.56. The largest absolute Gasteiger partial charge is 0.481 e. The molecule has 112 valence electrons. The Morgan fingerprint density at radius 1 is 1.29 bits per heavy atom. The second kappa shape index (κ2) is 5.57. The molecule has 0 fully saturated rings. The number of carbonyl (C=O) groups is 2. The number of carboxylic acids is 2. The average molecular weight is 291 g/mol. The number of benzene rings is 1.